The van der Waals surface area contributed by atoms with E-state index in [1.54, 1.807) is 6.07 Å². The normalized spacial score (nSPS) is 18.2. The van der Waals surface area contributed by atoms with Crippen molar-refractivity contribution in [3.63, 3.8) is 0 Å². The van der Waals surface area contributed by atoms with Gasteiger partial charge >= 0.3 is 0 Å². The van der Waals surface area contributed by atoms with E-state index in [0.717, 1.165) is 18.0 Å². The van der Waals surface area contributed by atoms with E-state index in [-0.39, 0.29) is 5.91 Å². The van der Waals surface area contributed by atoms with Gasteiger partial charge in [0, 0.05) is 18.2 Å². The van der Waals surface area contributed by atoms with Gasteiger partial charge in [-0.05, 0) is 43.4 Å². The number of hydrogen-bond donors (Lipinski definition) is 2. The number of primary amides is 1. The summed E-state index contributed by atoms with van der Waals surface area (Å²) < 4.78 is 0. The van der Waals surface area contributed by atoms with Crippen molar-refractivity contribution in [2.24, 2.45) is 11.7 Å². The predicted octanol–water partition coefficient (Wildman–Crippen LogP) is 2.84. The van der Waals surface area contributed by atoms with Crippen LogP contribution in [0.5, 0.6) is 0 Å². The lowest BCUT2D eigenvalue weighted by molar-refractivity contribution is 0.1000. The van der Waals surface area contributed by atoms with E-state index in [1.165, 1.54) is 32.1 Å². The van der Waals surface area contributed by atoms with Crippen molar-refractivity contribution in [1.82, 2.24) is 5.32 Å². The Bertz CT molecular complexity index is 425. The van der Waals surface area contributed by atoms with Crippen LogP contribution in [0.3, 0.4) is 0 Å². The maximum Gasteiger partial charge on any atom is 0.248 e. The lowest BCUT2D eigenvalue weighted by Gasteiger charge is -2.28. The molecule has 0 spiro atoms. The van der Waals surface area contributed by atoms with Crippen LogP contribution in [-0.4, -0.2) is 11.9 Å². The Labute approximate surface area is 115 Å². The highest BCUT2D eigenvalue weighted by molar-refractivity contribution is 5.92. The molecule has 0 aliphatic heterocycles. The summed E-state index contributed by atoms with van der Waals surface area (Å²) in [6, 6.07) is 8.10. The molecule has 104 valence electrons. The first-order valence-electron chi connectivity index (χ1n) is 7.29. The van der Waals surface area contributed by atoms with Crippen LogP contribution >= 0.6 is 0 Å². The van der Waals surface area contributed by atoms with Crippen molar-refractivity contribution in [2.75, 3.05) is 0 Å². The van der Waals surface area contributed by atoms with E-state index in [2.05, 4.69) is 12.2 Å². The molecule has 19 heavy (non-hydrogen) atoms. The molecule has 3 nitrogen and oxygen atoms in total. The van der Waals surface area contributed by atoms with Crippen LogP contribution < -0.4 is 11.1 Å². The number of benzene rings is 1. The first kappa shape index (κ1) is 14.1. The zero-order chi connectivity index (χ0) is 13.7. The third-order valence-corrected chi connectivity index (χ3v) is 4.20. The van der Waals surface area contributed by atoms with Gasteiger partial charge in [0.1, 0.15) is 0 Å². The molecule has 2 rings (SSSR count). The van der Waals surface area contributed by atoms with E-state index in [9.17, 15) is 4.79 Å². The first-order valence-corrected chi connectivity index (χ1v) is 7.29. The predicted molar refractivity (Wildman–Crippen MR) is 77.8 cm³/mol. The average Bonchev–Trinajstić information content (AvgIpc) is 2.46. The minimum Gasteiger partial charge on any atom is -0.366 e. The highest BCUT2D eigenvalue weighted by Gasteiger charge is 2.19. The number of hydrogen-bond acceptors (Lipinski definition) is 2. The van der Waals surface area contributed by atoms with Gasteiger partial charge in [-0.3, -0.25) is 4.79 Å². The third kappa shape index (κ3) is 4.06. The molecule has 0 heterocycles. The molecule has 0 radical (unpaired) electrons. The largest absolute Gasteiger partial charge is 0.366 e. The fraction of sp³-hybridized carbons (Fsp3) is 0.562. The van der Waals surface area contributed by atoms with Crippen molar-refractivity contribution >= 4 is 5.91 Å². The van der Waals surface area contributed by atoms with Crippen molar-refractivity contribution < 1.29 is 4.79 Å². The Hall–Kier alpha value is -1.35. The van der Waals surface area contributed by atoms with E-state index < -0.39 is 0 Å². The maximum absolute atomic E-state index is 11.1. The average molecular weight is 260 g/mol. The second-order valence-corrected chi connectivity index (χ2v) is 5.63. The lowest BCUT2D eigenvalue weighted by Crippen LogP contribution is -2.34. The standard InChI is InChI=1S/C16H24N2O/c1-12(14-7-3-2-4-8-14)18-11-13-6-5-9-15(10-13)16(17)19/h5-6,9-10,12,14,18H,2-4,7-8,11H2,1H3,(H2,17,19)/t12-/m1/s1. The number of amides is 1. The number of nitrogens with two attached hydrogens (primary N) is 1. The molecular formula is C16H24N2O. The van der Waals surface area contributed by atoms with Gasteiger partial charge in [-0.25, -0.2) is 0 Å². The number of carbonyl (C=O) groups excluding carboxylic acids is 1. The smallest absolute Gasteiger partial charge is 0.248 e. The summed E-state index contributed by atoms with van der Waals surface area (Å²) in [7, 11) is 0. The van der Waals surface area contributed by atoms with Gasteiger partial charge in [-0.1, -0.05) is 31.4 Å². The molecule has 3 N–H and O–H groups in total. The zero-order valence-corrected chi connectivity index (χ0v) is 11.7. The fourth-order valence-electron chi connectivity index (χ4n) is 2.91. The fourth-order valence-corrected chi connectivity index (χ4v) is 2.91. The van der Waals surface area contributed by atoms with Crippen molar-refractivity contribution in [2.45, 2.75) is 51.6 Å². The van der Waals surface area contributed by atoms with Gasteiger partial charge in [0.25, 0.3) is 0 Å². The van der Waals surface area contributed by atoms with Gasteiger partial charge in [-0.15, -0.1) is 0 Å². The van der Waals surface area contributed by atoms with Gasteiger partial charge in [-0.2, -0.15) is 0 Å². The van der Waals surface area contributed by atoms with Gasteiger partial charge in [0.05, 0.1) is 0 Å². The second kappa shape index (κ2) is 6.71. The van der Waals surface area contributed by atoms with Crippen molar-refractivity contribution in [1.29, 1.82) is 0 Å². The Kier molecular flexibility index (Phi) is 4.97. The summed E-state index contributed by atoms with van der Waals surface area (Å²) in [5, 5.41) is 3.58. The molecule has 1 amide bonds. The number of nitrogens with one attached hydrogen (secondary N) is 1. The van der Waals surface area contributed by atoms with Crippen LogP contribution in [0.15, 0.2) is 24.3 Å². The molecule has 1 aromatic carbocycles. The molecular weight excluding hydrogens is 236 g/mol. The summed E-state index contributed by atoms with van der Waals surface area (Å²) in [5.74, 6) is 0.440. The zero-order valence-electron chi connectivity index (χ0n) is 11.7. The SMILES string of the molecule is C[C@@H](NCc1cccc(C(N)=O)c1)C1CCCCC1. The number of rotatable bonds is 5. The van der Waals surface area contributed by atoms with Gasteiger partial charge < -0.3 is 11.1 Å². The molecule has 0 bridgehead atoms. The minimum absolute atomic E-state index is 0.359. The molecule has 1 atom stereocenters. The summed E-state index contributed by atoms with van der Waals surface area (Å²) in [4.78, 5) is 11.1. The molecule has 3 heteroatoms. The minimum atomic E-state index is -0.359. The van der Waals surface area contributed by atoms with Gasteiger partial charge in [0.15, 0.2) is 0 Å². The van der Waals surface area contributed by atoms with Crippen LogP contribution in [0.25, 0.3) is 0 Å². The highest BCUT2D eigenvalue weighted by atomic mass is 16.1. The summed E-state index contributed by atoms with van der Waals surface area (Å²) in [6.45, 7) is 3.08. The molecule has 0 unspecified atom stereocenters. The quantitative estimate of drug-likeness (QED) is 0.855. The van der Waals surface area contributed by atoms with E-state index in [0.29, 0.717) is 11.6 Å². The number of carbonyl (C=O) groups is 1. The van der Waals surface area contributed by atoms with Crippen LogP contribution in [-0.2, 0) is 6.54 Å². The lowest BCUT2D eigenvalue weighted by atomic mass is 9.84. The van der Waals surface area contributed by atoms with E-state index in [1.807, 2.05) is 18.2 Å². The summed E-state index contributed by atoms with van der Waals surface area (Å²) >= 11 is 0. The topological polar surface area (TPSA) is 55.1 Å². The van der Waals surface area contributed by atoms with Crippen LogP contribution in [0.4, 0.5) is 0 Å². The van der Waals surface area contributed by atoms with E-state index >= 15 is 0 Å². The Morgan fingerprint density at radius 3 is 2.79 bits per heavy atom. The van der Waals surface area contributed by atoms with Crippen molar-refractivity contribution in [3.05, 3.63) is 35.4 Å². The first-order chi connectivity index (χ1) is 9.16. The van der Waals surface area contributed by atoms with Crippen LogP contribution in [0, 0.1) is 5.92 Å². The molecule has 1 aliphatic carbocycles. The molecule has 1 aromatic rings. The Balaban J connectivity index is 1.87. The Morgan fingerprint density at radius 1 is 1.37 bits per heavy atom. The van der Waals surface area contributed by atoms with E-state index in [4.69, 9.17) is 5.73 Å². The molecule has 1 fully saturated rings. The molecule has 0 aromatic heterocycles. The van der Waals surface area contributed by atoms with Crippen LogP contribution in [0.2, 0.25) is 0 Å². The third-order valence-electron chi connectivity index (χ3n) is 4.20. The monoisotopic (exact) mass is 260 g/mol. The summed E-state index contributed by atoms with van der Waals surface area (Å²) in [6.07, 6.45) is 6.82. The Morgan fingerprint density at radius 2 is 2.11 bits per heavy atom. The second-order valence-electron chi connectivity index (χ2n) is 5.63. The highest BCUT2D eigenvalue weighted by Crippen LogP contribution is 2.26. The maximum atomic E-state index is 11.1. The van der Waals surface area contributed by atoms with Crippen molar-refractivity contribution in [3.8, 4) is 0 Å². The summed E-state index contributed by atoms with van der Waals surface area (Å²) in [5.41, 5.74) is 7.01. The molecule has 1 saturated carbocycles. The van der Waals surface area contributed by atoms with Gasteiger partial charge in [0.2, 0.25) is 5.91 Å². The molecule has 1 aliphatic rings. The van der Waals surface area contributed by atoms with Crippen LogP contribution in [0.1, 0.15) is 54.9 Å². The molecule has 0 saturated heterocycles.